The summed E-state index contributed by atoms with van der Waals surface area (Å²) in [5.41, 5.74) is 4.64. The molecule has 120 valence electrons. The Morgan fingerprint density at radius 3 is 2.79 bits per heavy atom. The zero-order valence-corrected chi connectivity index (χ0v) is 12.8. The van der Waals surface area contributed by atoms with Gasteiger partial charge in [0.25, 0.3) is 5.91 Å². The second-order valence-electron chi connectivity index (χ2n) is 5.15. The van der Waals surface area contributed by atoms with Gasteiger partial charge in [-0.15, -0.1) is 0 Å². The van der Waals surface area contributed by atoms with E-state index in [4.69, 9.17) is 0 Å². The van der Waals surface area contributed by atoms with Gasteiger partial charge in [-0.05, 0) is 41.5 Å². The number of benzene rings is 2. The fraction of sp³-hybridized carbons (Fsp3) is 0.0556. The highest BCUT2D eigenvalue weighted by molar-refractivity contribution is 5.95. The van der Waals surface area contributed by atoms with Crippen LogP contribution in [0.3, 0.4) is 0 Å². The van der Waals surface area contributed by atoms with Gasteiger partial charge in [-0.1, -0.05) is 24.3 Å². The molecule has 1 amide bonds. The molecule has 0 aliphatic carbocycles. The Hall–Kier alpha value is -3.28. The molecule has 0 radical (unpaired) electrons. The number of nitrogens with one attached hydrogen (secondary N) is 1. The van der Waals surface area contributed by atoms with Crippen molar-refractivity contribution in [3.05, 3.63) is 89.5 Å². The van der Waals surface area contributed by atoms with Gasteiger partial charge in [0.2, 0.25) is 0 Å². The molecule has 3 rings (SSSR count). The van der Waals surface area contributed by atoms with Gasteiger partial charge in [0.15, 0.2) is 0 Å². The number of hydrazone groups is 1. The SMILES string of the molecule is O=C(NN=Cc1ccc(F)cc1)c1cccc(Cn2cccn2)c1. The zero-order valence-electron chi connectivity index (χ0n) is 12.8. The van der Waals surface area contributed by atoms with E-state index in [-0.39, 0.29) is 11.7 Å². The minimum Gasteiger partial charge on any atom is -0.268 e. The van der Waals surface area contributed by atoms with Crippen molar-refractivity contribution in [3.63, 3.8) is 0 Å². The first-order valence-electron chi connectivity index (χ1n) is 7.36. The summed E-state index contributed by atoms with van der Waals surface area (Å²) in [6, 6.07) is 14.9. The average molecular weight is 322 g/mol. The van der Waals surface area contributed by atoms with Gasteiger partial charge in [0.1, 0.15) is 5.82 Å². The van der Waals surface area contributed by atoms with Gasteiger partial charge in [-0.2, -0.15) is 10.2 Å². The van der Waals surface area contributed by atoms with Gasteiger partial charge < -0.3 is 0 Å². The number of nitrogens with zero attached hydrogens (tertiary/aromatic N) is 3. The van der Waals surface area contributed by atoms with Crippen molar-refractivity contribution in [1.82, 2.24) is 15.2 Å². The van der Waals surface area contributed by atoms with Crippen LogP contribution < -0.4 is 5.43 Å². The minimum absolute atomic E-state index is 0.310. The van der Waals surface area contributed by atoms with Crippen LogP contribution in [0.15, 0.2) is 72.1 Å². The van der Waals surface area contributed by atoms with Crippen LogP contribution in [-0.4, -0.2) is 21.9 Å². The highest BCUT2D eigenvalue weighted by Crippen LogP contribution is 2.07. The Labute approximate surface area is 138 Å². The van der Waals surface area contributed by atoms with Crippen LogP contribution in [0, 0.1) is 5.82 Å². The van der Waals surface area contributed by atoms with Gasteiger partial charge in [0.05, 0.1) is 12.8 Å². The highest BCUT2D eigenvalue weighted by atomic mass is 19.1. The maximum absolute atomic E-state index is 12.8. The van der Waals surface area contributed by atoms with Crippen molar-refractivity contribution in [2.75, 3.05) is 0 Å². The summed E-state index contributed by atoms with van der Waals surface area (Å²) in [7, 11) is 0. The van der Waals surface area contributed by atoms with E-state index >= 15 is 0 Å². The molecular weight excluding hydrogens is 307 g/mol. The van der Waals surface area contributed by atoms with Gasteiger partial charge in [-0.25, -0.2) is 9.82 Å². The highest BCUT2D eigenvalue weighted by Gasteiger charge is 2.05. The van der Waals surface area contributed by atoms with Crippen molar-refractivity contribution in [1.29, 1.82) is 0 Å². The lowest BCUT2D eigenvalue weighted by Crippen LogP contribution is -2.18. The third kappa shape index (κ3) is 4.13. The van der Waals surface area contributed by atoms with E-state index in [1.807, 2.05) is 24.4 Å². The molecule has 0 fully saturated rings. The minimum atomic E-state index is -0.315. The fourth-order valence-electron chi connectivity index (χ4n) is 2.17. The predicted molar refractivity (Wildman–Crippen MR) is 89.2 cm³/mol. The number of rotatable bonds is 5. The number of aromatic nitrogens is 2. The number of carbonyl (C=O) groups excluding carboxylic acids is 1. The van der Waals surface area contributed by atoms with E-state index in [2.05, 4.69) is 15.6 Å². The average Bonchev–Trinajstić information content (AvgIpc) is 3.10. The van der Waals surface area contributed by atoms with Crippen LogP contribution in [0.1, 0.15) is 21.5 Å². The molecule has 0 saturated carbocycles. The monoisotopic (exact) mass is 322 g/mol. The number of hydrogen-bond acceptors (Lipinski definition) is 3. The summed E-state index contributed by atoms with van der Waals surface area (Å²) in [5, 5.41) is 8.03. The molecule has 24 heavy (non-hydrogen) atoms. The Morgan fingerprint density at radius 2 is 2.04 bits per heavy atom. The lowest BCUT2D eigenvalue weighted by Gasteiger charge is -2.05. The summed E-state index contributed by atoms with van der Waals surface area (Å²) >= 11 is 0. The van der Waals surface area contributed by atoms with Crippen molar-refractivity contribution in [2.45, 2.75) is 6.54 Å². The molecule has 3 aromatic rings. The second kappa shape index (κ2) is 7.32. The third-order valence-corrected chi connectivity index (χ3v) is 3.34. The maximum Gasteiger partial charge on any atom is 0.271 e. The van der Waals surface area contributed by atoms with E-state index in [0.717, 1.165) is 5.56 Å². The van der Waals surface area contributed by atoms with E-state index in [1.54, 1.807) is 35.1 Å². The van der Waals surface area contributed by atoms with Crippen LogP contribution >= 0.6 is 0 Å². The number of carbonyl (C=O) groups is 1. The summed E-state index contributed by atoms with van der Waals surface area (Å²) in [6.07, 6.45) is 5.03. The van der Waals surface area contributed by atoms with Gasteiger partial charge in [-0.3, -0.25) is 9.48 Å². The van der Waals surface area contributed by atoms with Crippen LogP contribution in [0.5, 0.6) is 0 Å². The van der Waals surface area contributed by atoms with Gasteiger partial charge in [0, 0.05) is 18.0 Å². The summed E-state index contributed by atoms with van der Waals surface area (Å²) in [4.78, 5) is 12.1. The predicted octanol–water partition coefficient (Wildman–Crippen LogP) is 2.83. The zero-order chi connectivity index (χ0) is 16.8. The quantitative estimate of drug-likeness (QED) is 0.580. The molecule has 2 aromatic carbocycles. The molecule has 0 bridgehead atoms. The molecule has 6 heteroatoms. The largest absolute Gasteiger partial charge is 0.271 e. The van der Waals surface area contributed by atoms with E-state index in [1.165, 1.54) is 18.3 Å². The smallest absolute Gasteiger partial charge is 0.268 e. The maximum atomic E-state index is 12.8. The van der Waals surface area contributed by atoms with E-state index in [0.29, 0.717) is 17.7 Å². The molecule has 0 spiro atoms. The topological polar surface area (TPSA) is 59.3 Å². The first-order valence-corrected chi connectivity index (χ1v) is 7.36. The molecule has 0 unspecified atom stereocenters. The van der Waals surface area contributed by atoms with E-state index in [9.17, 15) is 9.18 Å². The first-order chi connectivity index (χ1) is 11.7. The summed E-state index contributed by atoms with van der Waals surface area (Å²) in [5.74, 6) is -0.624. The molecule has 0 aliphatic heterocycles. The molecule has 0 atom stereocenters. The van der Waals surface area contributed by atoms with Crippen molar-refractivity contribution < 1.29 is 9.18 Å². The summed E-state index contributed by atoms with van der Waals surface area (Å²) in [6.45, 7) is 0.590. The lowest BCUT2D eigenvalue weighted by molar-refractivity contribution is 0.0955. The molecule has 0 aliphatic rings. The molecular formula is C18H15FN4O. The fourth-order valence-corrected chi connectivity index (χ4v) is 2.17. The molecule has 5 nitrogen and oxygen atoms in total. The number of hydrogen-bond donors (Lipinski definition) is 1. The molecule has 1 aromatic heterocycles. The Kier molecular flexibility index (Phi) is 4.76. The van der Waals surface area contributed by atoms with Crippen LogP contribution in [0.4, 0.5) is 4.39 Å². The third-order valence-electron chi connectivity index (χ3n) is 3.34. The van der Waals surface area contributed by atoms with Crippen molar-refractivity contribution in [3.8, 4) is 0 Å². The van der Waals surface area contributed by atoms with Gasteiger partial charge >= 0.3 is 0 Å². The normalized spacial score (nSPS) is 10.9. The molecule has 0 saturated heterocycles. The standard InChI is InChI=1S/C18H15FN4O/c19-17-7-5-14(6-8-17)12-20-22-18(24)16-4-1-3-15(11-16)13-23-10-2-9-21-23/h1-12H,13H2,(H,22,24). The van der Waals surface area contributed by atoms with Crippen molar-refractivity contribution >= 4 is 12.1 Å². The van der Waals surface area contributed by atoms with Crippen molar-refractivity contribution in [2.24, 2.45) is 5.10 Å². The summed E-state index contributed by atoms with van der Waals surface area (Å²) < 4.78 is 14.6. The Morgan fingerprint density at radius 1 is 1.21 bits per heavy atom. The molecule has 1 N–H and O–H groups in total. The number of amides is 1. The Bertz CT molecular complexity index is 842. The Balaban J connectivity index is 1.63. The molecule has 1 heterocycles. The first kappa shape index (κ1) is 15.6. The van der Waals surface area contributed by atoms with Crippen LogP contribution in [-0.2, 0) is 6.54 Å². The lowest BCUT2D eigenvalue weighted by atomic mass is 10.1. The van der Waals surface area contributed by atoms with E-state index < -0.39 is 0 Å². The number of halogens is 1. The van der Waals surface area contributed by atoms with Crippen LogP contribution in [0.2, 0.25) is 0 Å². The van der Waals surface area contributed by atoms with Crippen LogP contribution in [0.25, 0.3) is 0 Å². The second-order valence-corrected chi connectivity index (χ2v) is 5.15.